The third-order valence-electron chi connectivity index (χ3n) is 5.65. The summed E-state index contributed by atoms with van der Waals surface area (Å²) in [4.78, 5) is 36.4. The highest BCUT2D eigenvalue weighted by Crippen LogP contribution is 2.28. The Kier molecular flexibility index (Phi) is 14.0. The zero-order valence-electron chi connectivity index (χ0n) is 22.6. The lowest BCUT2D eigenvalue weighted by Gasteiger charge is -2.10. The molecule has 38 heavy (non-hydrogen) atoms. The average molecular weight is 526 g/mol. The second-order valence-corrected chi connectivity index (χ2v) is 8.70. The first-order valence-corrected chi connectivity index (χ1v) is 13.2. The van der Waals surface area contributed by atoms with Gasteiger partial charge in [-0.1, -0.05) is 45.4 Å². The number of unbranched alkanes of at least 4 members (excludes halogenated alkanes) is 6. The molecule has 9 heteroatoms. The third kappa shape index (κ3) is 11.5. The molecule has 0 heterocycles. The predicted octanol–water partition coefficient (Wildman–Crippen LogP) is 5.02. The minimum Gasteiger partial charge on any atom is -0.494 e. The molecule has 2 N–H and O–H groups in total. The number of carbonyl (C=O) groups is 3. The Morgan fingerprint density at radius 1 is 0.868 bits per heavy atom. The van der Waals surface area contributed by atoms with Crippen LogP contribution < -0.4 is 25.0 Å². The third-order valence-corrected chi connectivity index (χ3v) is 5.65. The fraction of sp³-hybridized carbons (Fsp3) is 0.448. The van der Waals surface area contributed by atoms with E-state index in [4.69, 9.17) is 14.2 Å². The largest absolute Gasteiger partial charge is 0.494 e. The number of ether oxygens (including phenoxy) is 3. The number of hydrogen-bond donors (Lipinski definition) is 2. The summed E-state index contributed by atoms with van der Waals surface area (Å²) in [5.41, 5.74) is 3.37. The molecule has 0 bridgehead atoms. The monoisotopic (exact) mass is 525 g/mol. The van der Waals surface area contributed by atoms with E-state index in [1.54, 1.807) is 42.5 Å². The normalized spacial score (nSPS) is 10.7. The van der Waals surface area contributed by atoms with Gasteiger partial charge < -0.3 is 19.5 Å². The van der Waals surface area contributed by atoms with Gasteiger partial charge >= 0.3 is 5.97 Å². The highest BCUT2D eigenvalue weighted by molar-refractivity contribution is 5.92. The standard InChI is InChI=1S/C29H39N3O6/c1-4-6-7-8-9-10-11-12-27(33)30-21-28(34)32-31-20-22-13-18-25(26(19-22)36-3)38-29(35)23-14-16-24(17-15-23)37-5-2/h13-20H,4-12,21H2,1-3H3,(H,30,33)(H,32,34). The first-order chi connectivity index (χ1) is 18.5. The second-order valence-electron chi connectivity index (χ2n) is 8.70. The molecule has 9 nitrogen and oxygen atoms in total. The van der Waals surface area contributed by atoms with Crippen molar-refractivity contribution >= 4 is 24.0 Å². The summed E-state index contributed by atoms with van der Waals surface area (Å²) in [5.74, 6) is 0.144. The summed E-state index contributed by atoms with van der Waals surface area (Å²) in [6.07, 6.45) is 9.77. The Balaban J connectivity index is 1.76. The smallest absolute Gasteiger partial charge is 0.343 e. The number of rotatable bonds is 17. The molecule has 0 saturated carbocycles. The average Bonchev–Trinajstić information content (AvgIpc) is 2.92. The van der Waals surface area contributed by atoms with Crippen molar-refractivity contribution in [2.24, 2.45) is 5.10 Å². The van der Waals surface area contributed by atoms with Crippen molar-refractivity contribution in [3.63, 3.8) is 0 Å². The van der Waals surface area contributed by atoms with E-state index in [0.717, 1.165) is 19.3 Å². The van der Waals surface area contributed by atoms with Crippen LogP contribution in [0.4, 0.5) is 0 Å². The van der Waals surface area contributed by atoms with Gasteiger partial charge in [0.2, 0.25) is 5.91 Å². The van der Waals surface area contributed by atoms with E-state index in [1.165, 1.54) is 39.0 Å². The molecule has 2 amide bonds. The molecule has 2 aromatic rings. The number of hydrogen-bond acceptors (Lipinski definition) is 7. The summed E-state index contributed by atoms with van der Waals surface area (Å²) in [7, 11) is 1.46. The van der Waals surface area contributed by atoms with Gasteiger partial charge in [-0.25, -0.2) is 10.2 Å². The zero-order chi connectivity index (χ0) is 27.6. The Bertz CT molecular complexity index is 1050. The maximum Gasteiger partial charge on any atom is 0.343 e. The number of nitrogens with zero attached hydrogens (tertiary/aromatic N) is 1. The van der Waals surface area contributed by atoms with Crippen LogP contribution in [0.5, 0.6) is 17.2 Å². The lowest BCUT2D eigenvalue weighted by atomic mass is 10.1. The molecule has 0 aliphatic heterocycles. The van der Waals surface area contributed by atoms with E-state index in [9.17, 15) is 14.4 Å². The highest BCUT2D eigenvalue weighted by Gasteiger charge is 2.13. The van der Waals surface area contributed by atoms with Crippen LogP contribution in [0.15, 0.2) is 47.6 Å². The number of carbonyl (C=O) groups excluding carboxylic acids is 3. The Morgan fingerprint density at radius 2 is 1.58 bits per heavy atom. The van der Waals surface area contributed by atoms with Gasteiger partial charge in [-0.2, -0.15) is 5.10 Å². The van der Waals surface area contributed by atoms with Crippen LogP contribution in [0.2, 0.25) is 0 Å². The molecular weight excluding hydrogens is 486 g/mol. The van der Waals surface area contributed by atoms with Crippen LogP contribution in [0, 0.1) is 0 Å². The summed E-state index contributed by atoms with van der Waals surface area (Å²) >= 11 is 0. The SMILES string of the molecule is CCCCCCCCCC(=O)NCC(=O)NN=Cc1ccc(OC(=O)c2ccc(OCC)cc2)c(OC)c1. The fourth-order valence-corrected chi connectivity index (χ4v) is 3.59. The Morgan fingerprint density at radius 3 is 2.26 bits per heavy atom. The van der Waals surface area contributed by atoms with Gasteiger partial charge in [-0.15, -0.1) is 0 Å². The number of nitrogens with one attached hydrogen (secondary N) is 2. The number of hydrazone groups is 1. The first kappa shape index (κ1) is 30.3. The number of benzene rings is 2. The lowest BCUT2D eigenvalue weighted by Crippen LogP contribution is -2.34. The number of amides is 2. The van der Waals surface area contributed by atoms with Crippen LogP contribution in [-0.4, -0.2) is 44.3 Å². The molecule has 0 atom stereocenters. The van der Waals surface area contributed by atoms with Crippen molar-refractivity contribution in [2.45, 2.75) is 65.2 Å². The van der Waals surface area contributed by atoms with E-state index in [-0.39, 0.29) is 18.2 Å². The van der Waals surface area contributed by atoms with Crippen molar-refractivity contribution < 1.29 is 28.6 Å². The van der Waals surface area contributed by atoms with Gasteiger partial charge in [-0.05, 0) is 61.4 Å². The molecule has 0 fully saturated rings. The summed E-state index contributed by atoms with van der Waals surface area (Å²) < 4.78 is 16.2. The van der Waals surface area contributed by atoms with Crippen LogP contribution in [0.1, 0.15) is 81.1 Å². The van der Waals surface area contributed by atoms with Gasteiger partial charge in [0.15, 0.2) is 11.5 Å². The summed E-state index contributed by atoms with van der Waals surface area (Å²) in [6.45, 7) is 4.47. The van der Waals surface area contributed by atoms with E-state index >= 15 is 0 Å². The van der Waals surface area contributed by atoms with Crippen LogP contribution >= 0.6 is 0 Å². The van der Waals surface area contributed by atoms with Crippen LogP contribution in [-0.2, 0) is 9.59 Å². The van der Waals surface area contributed by atoms with Crippen molar-refractivity contribution in [1.29, 1.82) is 0 Å². The Hall–Kier alpha value is -3.88. The number of methoxy groups -OCH3 is 1. The van der Waals surface area contributed by atoms with Gasteiger partial charge in [0.25, 0.3) is 5.91 Å². The van der Waals surface area contributed by atoms with Crippen LogP contribution in [0.3, 0.4) is 0 Å². The fourth-order valence-electron chi connectivity index (χ4n) is 3.59. The highest BCUT2D eigenvalue weighted by atomic mass is 16.6. The second kappa shape index (κ2) is 17.6. The summed E-state index contributed by atoms with van der Waals surface area (Å²) in [5, 5.41) is 6.52. The molecular formula is C29H39N3O6. The lowest BCUT2D eigenvalue weighted by molar-refractivity contribution is -0.126. The first-order valence-electron chi connectivity index (χ1n) is 13.2. The number of esters is 1. The van der Waals surface area contributed by atoms with E-state index < -0.39 is 11.9 Å². The molecule has 0 aromatic heterocycles. The van der Waals surface area contributed by atoms with Crippen molar-refractivity contribution in [3.8, 4) is 17.2 Å². The van der Waals surface area contributed by atoms with E-state index in [2.05, 4.69) is 22.8 Å². The molecule has 0 unspecified atom stereocenters. The molecule has 0 aliphatic rings. The maximum atomic E-state index is 12.5. The van der Waals surface area contributed by atoms with Crippen LogP contribution in [0.25, 0.3) is 0 Å². The topological polar surface area (TPSA) is 115 Å². The molecule has 2 rings (SSSR count). The van der Waals surface area contributed by atoms with Crippen molar-refractivity contribution in [2.75, 3.05) is 20.3 Å². The van der Waals surface area contributed by atoms with E-state index in [0.29, 0.717) is 35.7 Å². The van der Waals surface area contributed by atoms with Crippen molar-refractivity contribution in [1.82, 2.24) is 10.7 Å². The quantitative estimate of drug-likeness (QED) is 0.0985. The predicted molar refractivity (Wildman–Crippen MR) is 147 cm³/mol. The molecule has 0 radical (unpaired) electrons. The van der Waals surface area contributed by atoms with Gasteiger partial charge in [0, 0.05) is 6.42 Å². The molecule has 0 spiro atoms. The van der Waals surface area contributed by atoms with Gasteiger partial charge in [0.1, 0.15) is 5.75 Å². The molecule has 0 aliphatic carbocycles. The zero-order valence-corrected chi connectivity index (χ0v) is 22.6. The molecule has 206 valence electrons. The molecule has 2 aromatic carbocycles. The van der Waals surface area contributed by atoms with Crippen molar-refractivity contribution in [3.05, 3.63) is 53.6 Å². The minimum absolute atomic E-state index is 0.141. The van der Waals surface area contributed by atoms with Gasteiger partial charge in [0.05, 0.1) is 32.0 Å². The van der Waals surface area contributed by atoms with E-state index in [1.807, 2.05) is 6.92 Å². The summed E-state index contributed by atoms with van der Waals surface area (Å²) in [6, 6.07) is 11.5. The Labute approximate surface area is 224 Å². The molecule has 0 saturated heterocycles. The maximum absolute atomic E-state index is 12.5. The minimum atomic E-state index is -0.533. The van der Waals surface area contributed by atoms with Gasteiger partial charge in [-0.3, -0.25) is 9.59 Å².